The number of carbonyl (C=O) groups is 2. The molecule has 0 saturated heterocycles. The van der Waals surface area contributed by atoms with Crippen LogP contribution in [0.4, 0.5) is 0 Å². The zero-order valence-electron chi connectivity index (χ0n) is 11.1. The lowest BCUT2D eigenvalue weighted by Crippen LogP contribution is -2.31. The van der Waals surface area contributed by atoms with Gasteiger partial charge in [-0.2, -0.15) is 0 Å². The maximum atomic E-state index is 11.9. The molecule has 1 amide bonds. The van der Waals surface area contributed by atoms with Gasteiger partial charge in [0.15, 0.2) is 0 Å². The van der Waals surface area contributed by atoms with Crippen LogP contribution >= 0.6 is 0 Å². The minimum atomic E-state index is -0.923. The number of amides is 1. The predicted octanol–water partition coefficient (Wildman–Crippen LogP) is 1.93. The van der Waals surface area contributed by atoms with Crippen LogP contribution < -0.4 is 5.32 Å². The monoisotopic (exact) mass is 272 g/mol. The fraction of sp³-hybridized carbons (Fsp3) is 0.200. The van der Waals surface area contributed by atoms with Crippen LogP contribution in [0, 0.1) is 5.92 Å². The van der Waals surface area contributed by atoms with E-state index in [1.807, 2.05) is 41.2 Å². The van der Waals surface area contributed by atoms with E-state index in [0.29, 0.717) is 5.56 Å². The molecule has 1 aromatic carbocycles. The van der Waals surface area contributed by atoms with Crippen LogP contribution in [0.2, 0.25) is 0 Å². The highest BCUT2D eigenvalue weighted by Gasteiger charge is 2.13. The van der Waals surface area contributed by atoms with Crippen molar-refractivity contribution < 1.29 is 14.7 Å². The van der Waals surface area contributed by atoms with Crippen molar-refractivity contribution in [2.24, 2.45) is 5.92 Å². The van der Waals surface area contributed by atoms with Crippen molar-refractivity contribution in [3.8, 4) is 5.69 Å². The summed E-state index contributed by atoms with van der Waals surface area (Å²) in [4.78, 5) is 22.5. The van der Waals surface area contributed by atoms with Gasteiger partial charge >= 0.3 is 5.97 Å². The third kappa shape index (κ3) is 3.26. The molecule has 20 heavy (non-hydrogen) atoms. The molecule has 2 rings (SSSR count). The fourth-order valence-electron chi connectivity index (χ4n) is 1.73. The van der Waals surface area contributed by atoms with Crippen molar-refractivity contribution in [3.63, 3.8) is 0 Å². The van der Waals surface area contributed by atoms with Crippen LogP contribution in [-0.2, 0) is 4.79 Å². The smallest absolute Gasteiger partial charge is 0.308 e. The molecule has 0 radical (unpaired) electrons. The molecule has 0 bridgehead atoms. The number of carbonyl (C=O) groups excluding carboxylic acids is 1. The fourth-order valence-corrected chi connectivity index (χ4v) is 1.73. The van der Waals surface area contributed by atoms with Crippen molar-refractivity contribution in [2.75, 3.05) is 6.54 Å². The first kappa shape index (κ1) is 13.9. The lowest BCUT2D eigenvalue weighted by Gasteiger charge is -2.09. The first-order chi connectivity index (χ1) is 9.58. The Kier molecular flexibility index (Phi) is 4.20. The Bertz CT molecular complexity index is 588. The van der Waals surface area contributed by atoms with Gasteiger partial charge in [-0.05, 0) is 36.4 Å². The summed E-state index contributed by atoms with van der Waals surface area (Å²) >= 11 is 0. The second kappa shape index (κ2) is 6.06. The second-order valence-corrected chi connectivity index (χ2v) is 4.59. The summed E-state index contributed by atoms with van der Waals surface area (Å²) in [6, 6.07) is 11.0. The Labute approximate surface area is 116 Å². The van der Waals surface area contributed by atoms with Crippen LogP contribution in [0.5, 0.6) is 0 Å². The van der Waals surface area contributed by atoms with Gasteiger partial charge in [0.2, 0.25) is 0 Å². The Morgan fingerprint density at radius 3 is 2.35 bits per heavy atom. The molecule has 5 heteroatoms. The van der Waals surface area contributed by atoms with E-state index < -0.39 is 11.9 Å². The van der Waals surface area contributed by atoms with E-state index in [0.717, 1.165) is 5.69 Å². The molecule has 0 fully saturated rings. The van der Waals surface area contributed by atoms with E-state index in [2.05, 4.69) is 5.32 Å². The quantitative estimate of drug-likeness (QED) is 0.873. The van der Waals surface area contributed by atoms with E-state index >= 15 is 0 Å². The van der Waals surface area contributed by atoms with Crippen molar-refractivity contribution >= 4 is 11.9 Å². The van der Waals surface area contributed by atoms with Gasteiger partial charge in [0.25, 0.3) is 5.91 Å². The number of benzene rings is 1. The van der Waals surface area contributed by atoms with Gasteiger partial charge < -0.3 is 15.0 Å². The minimum Gasteiger partial charge on any atom is -0.481 e. The molecule has 2 N–H and O–H groups in total. The highest BCUT2D eigenvalue weighted by Crippen LogP contribution is 2.10. The molecule has 5 nitrogen and oxygen atoms in total. The van der Waals surface area contributed by atoms with Crippen molar-refractivity contribution in [1.82, 2.24) is 9.88 Å². The summed E-state index contributed by atoms with van der Waals surface area (Å²) in [6.45, 7) is 1.67. The Hall–Kier alpha value is -2.56. The molecule has 0 aliphatic rings. The van der Waals surface area contributed by atoms with Crippen molar-refractivity contribution in [1.29, 1.82) is 0 Å². The van der Waals surface area contributed by atoms with E-state index in [1.165, 1.54) is 0 Å². The van der Waals surface area contributed by atoms with Crippen molar-refractivity contribution in [3.05, 3.63) is 54.4 Å². The van der Waals surface area contributed by atoms with Crippen LogP contribution in [0.15, 0.2) is 48.8 Å². The Balaban J connectivity index is 1.99. The molecule has 0 saturated carbocycles. The molecule has 1 heterocycles. The molecule has 1 unspecified atom stereocenters. The summed E-state index contributed by atoms with van der Waals surface area (Å²) in [5.74, 6) is -1.79. The SMILES string of the molecule is CC(CNC(=O)c1ccc(-n2cccc2)cc1)C(=O)O. The summed E-state index contributed by atoms with van der Waals surface area (Å²) in [5, 5.41) is 11.4. The molecule has 0 aliphatic carbocycles. The third-order valence-electron chi connectivity index (χ3n) is 3.02. The Morgan fingerprint density at radius 2 is 1.80 bits per heavy atom. The number of hydrogen-bond donors (Lipinski definition) is 2. The lowest BCUT2D eigenvalue weighted by molar-refractivity contribution is -0.140. The predicted molar refractivity (Wildman–Crippen MR) is 74.9 cm³/mol. The van der Waals surface area contributed by atoms with E-state index in [4.69, 9.17) is 5.11 Å². The second-order valence-electron chi connectivity index (χ2n) is 4.59. The molecule has 0 spiro atoms. The van der Waals surface area contributed by atoms with Gasteiger partial charge in [-0.1, -0.05) is 6.92 Å². The van der Waals surface area contributed by atoms with Gasteiger partial charge in [-0.25, -0.2) is 0 Å². The Morgan fingerprint density at radius 1 is 1.20 bits per heavy atom. The average molecular weight is 272 g/mol. The van der Waals surface area contributed by atoms with E-state index in [9.17, 15) is 9.59 Å². The van der Waals surface area contributed by atoms with Gasteiger partial charge in [-0.15, -0.1) is 0 Å². The number of rotatable bonds is 5. The van der Waals surface area contributed by atoms with Gasteiger partial charge in [0.1, 0.15) is 0 Å². The summed E-state index contributed by atoms with van der Waals surface area (Å²) in [7, 11) is 0. The highest BCUT2D eigenvalue weighted by atomic mass is 16.4. The number of hydrogen-bond acceptors (Lipinski definition) is 2. The van der Waals surface area contributed by atoms with Gasteiger partial charge in [0.05, 0.1) is 5.92 Å². The number of carboxylic acid groups (broad SMARTS) is 1. The molecule has 2 aromatic rings. The zero-order chi connectivity index (χ0) is 14.5. The average Bonchev–Trinajstić information content (AvgIpc) is 2.98. The van der Waals surface area contributed by atoms with Gasteiger partial charge in [-0.3, -0.25) is 9.59 Å². The molecular weight excluding hydrogens is 256 g/mol. The van der Waals surface area contributed by atoms with Gasteiger partial charge in [0, 0.05) is 30.2 Å². The summed E-state index contributed by atoms with van der Waals surface area (Å²) in [6.07, 6.45) is 3.84. The largest absolute Gasteiger partial charge is 0.481 e. The first-order valence-corrected chi connectivity index (χ1v) is 6.32. The van der Waals surface area contributed by atoms with Crippen molar-refractivity contribution in [2.45, 2.75) is 6.92 Å². The lowest BCUT2D eigenvalue weighted by atomic mass is 10.1. The van der Waals surface area contributed by atoms with E-state index in [1.54, 1.807) is 19.1 Å². The van der Waals surface area contributed by atoms with Crippen LogP contribution in [0.25, 0.3) is 5.69 Å². The highest BCUT2D eigenvalue weighted by molar-refractivity contribution is 5.94. The molecule has 104 valence electrons. The number of aliphatic carboxylic acids is 1. The normalized spacial score (nSPS) is 11.8. The zero-order valence-corrected chi connectivity index (χ0v) is 11.1. The third-order valence-corrected chi connectivity index (χ3v) is 3.02. The minimum absolute atomic E-state index is 0.119. The molecule has 1 aromatic heterocycles. The number of carboxylic acids is 1. The summed E-state index contributed by atoms with van der Waals surface area (Å²) in [5.41, 5.74) is 1.48. The standard InChI is InChI=1S/C15H16N2O3/c1-11(15(19)20)10-16-14(18)12-4-6-13(7-5-12)17-8-2-3-9-17/h2-9,11H,10H2,1H3,(H,16,18)(H,19,20). The topological polar surface area (TPSA) is 71.3 Å². The molecule has 1 atom stereocenters. The van der Waals surface area contributed by atoms with Crippen LogP contribution in [-0.4, -0.2) is 28.1 Å². The van der Waals surface area contributed by atoms with Crippen LogP contribution in [0.3, 0.4) is 0 Å². The molecular formula is C15H16N2O3. The summed E-state index contributed by atoms with van der Waals surface area (Å²) < 4.78 is 1.94. The van der Waals surface area contributed by atoms with Crippen LogP contribution in [0.1, 0.15) is 17.3 Å². The number of aromatic nitrogens is 1. The number of nitrogens with one attached hydrogen (secondary N) is 1. The maximum absolute atomic E-state index is 11.9. The molecule has 0 aliphatic heterocycles. The maximum Gasteiger partial charge on any atom is 0.308 e. The van der Waals surface area contributed by atoms with E-state index in [-0.39, 0.29) is 12.5 Å². The number of nitrogens with zero attached hydrogens (tertiary/aromatic N) is 1. The first-order valence-electron chi connectivity index (χ1n) is 6.32.